The zero-order valence-electron chi connectivity index (χ0n) is 20.8. The average Bonchev–Trinajstić information content (AvgIpc) is 3.39. The minimum atomic E-state index is -0.493. The lowest BCUT2D eigenvalue weighted by Gasteiger charge is -2.36. The van der Waals surface area contributed by atoms with Gasteiger partial charge >= 0.3 is 0 Å². The lowest BCUT2D eigenvalue weighted by molar-refractivity contribution is -0.384. The number of carbonyl (C=O) groups is 1. The summed E-state index contributed by atoms with van der Waals surface area (Å²) >= 11 is 0. The lowest BCUT2D eigenvalue weighted by Crippen LogP contribution is -2.49. The van der Waals surface area contributed by atoms with Crippen LogP contribution in [0.15, 0.2) is 78.9 Å². The van der Waals surface area contributed by atoms with Crippen LogP contribution in [0, 0.1) is 15.9 Å². The first kappa shape index (κ1) is 24.9. The number of aromatic nitrogens is 2. The maximum atomic E-state index is 14.6. The van der Waals surface area contributed by atoms with Gasteiger partial charge in [0.15, 0.2) is 0 Å². The third-order valence-electron chi connectivity index (χ3n) is 6.46. The van der Waals surface area contributed by atoms with Crippen LogP contribution in [0.3, 0.4) is 0 Å². The summed E-state index contributed by atoms with van der Waals surface area (Å²) in [5, 5.41) is 15.6. The molecule has 1 aromatic heterocycles. The number of benzene rings is 3. The van der Waals surface area contributed by atoms with E-state index in [1.54, 1.807) is 29.2 Å². The standard InChI is InChI=1S/C28H26FN5O4/c1-2-38-27-10-6-5-9-25(27)31-15-17-32(18-16-31)28(35)26-19-24(22-7-3-4-8-23(22)29)30-33(26)20-11-13-21(14-12-20)34(36)37/h3-14,19H,2,15-18H2,1H3. The molecule has 0 spiro atoms. The Labute approximate surface area is 218 Å². The highest BCUT2D eigenvalue weighted by Crippen LogP contribution is 2.30. The molecule has 5 rings (SSSR count). The third-order valence-corrected chi connectivity index (χ3v) is 6.46. The second-order valence-corrected chi connectivity index (χ2v) is 8.76. The molecule has 38 heavy (non-hydrogen) atoms. The van der Waals surface area contributed by atoms with E-state index in [1.165, 1.54) is 35.0 Å². The summed E-state index contributed by atoms with van der Waals surface area (Å²) in [5.74, 6) is 0.0955. The molecule has 0 radical (unpaired) electrons. The number of nitro benzene ring substituents is 1. The minimum Gasteiger partial charge on any atom is -0.492 e. The molecule has 9 nitrogen and oxygen atoms in total. The van der Waals surface area contributed by atoms with Crippen molar-refractivity contribution in [1.29, 1.82) is 0 Å². The Morgan fingerprint density at radius 2 is 1.68 bits per heavy atom. The molecule has 4 aromatic rings. The Morgan fingerprint density at radius 3 is 2.37 bits per heavy atom. The van der Waals surface area contributed by atoms with E-state index >= 15 is 0 Å². The van der Waals surface area contributed by atoms with Gasteiger partial charge in [-0.2, -0.15) is 5.10 Å². The van der Waals surface area contributed by atoms with Crippen molar-refractivity contribution in [3.63, 3.8) is 0 Å². The number of rotatable bonds is 7. The molecule has 1 aliphatic heterocycles. The summed E-state index contributed by atoms with van der Waals surface area (Å²) in [4.78, 5) is 28.3. The van der Waals surface area contributed by atoms with E-state index in [0.29, 0.717) is 44.2 Å². The highest BCUT2D eigenvalue weighted by Gasteiger charge is 2.28. The van der Waals surface area contributed by atoms with Crippen molar-refractivity contribution < 1.29 is 18.8 Å². The van der Waals surface area contributed by atoms with E-state index in [9.17, 15) is 19.3 Å². The van der Waals surface area contributed by atoms with Crippen LogP contribution in [0.1, 0.15) is 17.4 Å². The fraction of sp³-hybridized carbons (Fsp3) is 0.214. The van der Waals surface area contributed by atoms with Crippen LogP contribution in [-0.4, -0.2) is 58.3 Å². The molecular weight excluding hydrogens is 489 g/mol. The van der Waals surface area contributed by atoms with Gasteiger partial charge in [-0.3, -0.25) is 14.9 Å². The largest absolute Gasteiger partial charge is 0.492 e. The van der Waals surface area contributed by atoms with Gasteiger partial charge < -0.3 is 14.5 Å². The van der Waals surface area contributed by atoms with Crippen molar-refractivity contribution in [2.24, 2.45) is 0 Å². The summed E-state index contributed by atoms with van der Waals surface area (Å²) in [6.07, 6.45) is 0. The molecule has 1 saturated heterocycles. The van der Waals surface area contributed by atoms with Crippen molar-refractivity contribution in [3.8, 4) is 22.7 Å². The van der Waals surface area contributed by atoms with E-state index in [-0.39, 0.29) is 22.9 Å². The quantitative estimate of drug-likeness (QED) is 0.255. The SMILES string of the molecule is CCOc1ccccc1N1CCN(C(=O)c2cc(-c3ccccc3F)nn2-c2ccc([N+](=O)[O-])cc2)CC1. The summed E-state index contributed by atoms with van der Waals surface area (Å²) in [7, 11) is 0. The molecule has 0 atom stereocenters. The van der Waals surface area contributed by atoms with Gasteiger partial charge in [0.2, 0.25) is 0 Å². The highest BCUT2D eigenvalue weighted by molar-refractivity contribution is 5.94. The van der Waals surface area contributed by atoms with Crippen LogP contribution in [0.2, 0.25) is 0 Å². The third kappa shape index (κ3) is 4.93. The maximum Gasteiger partial charge on any atom is 0.272 e. The van der Waals surface area contributed by atoms with E-state index in [0.717, 1.165) is 11.4 Å². The van der Waals surface area contributed by atoms with Crippen molar-refractivity contribution in [2.75, 3.05) is 37.7 Å². The van der Waals surface area contributed by atoms with Crippen LogP contribution in [-0.2, 0) is 0 Å². The number of amides is 1. The van der Waals surface area contributed by atoms with Crippen LogP contribution in [0.4, 0.5) is 15.8 Å². The molecule has 10 heteroatoms. The van der Waals surface area contributed by atoms with Crippen molar-refractivity contribution >= 4 is 17.3 Å². The summed E-state index contributed by atoms with van der Waals surface area (Å²) in [5.41, 5.74) is 2.19. The first-order chi connectivity index (χ1) is 18.5. The van der Waals surface area contributed by atoms with Gasteiger partial charge in [-0.15, -0.1) is 0 Å². The van der Waals surface area contributed by atoms with Gasteiger partial charge in [0, 0.05) is 43.9 Å². The molecular formula is C28H26FN5O4. The maximum absolute atomic E-state index is 14.6. The van der Waals surface area contributed by atoms with Crippen molar-refractivity contribution in [1.82, 2.24) is 14.7 Å². The second-order valence-electron chi connectivity index (χ2n) is 8.76. The summed E-state index contributed by atoms with van der Waals surface area (Å²) in [6.45, 7) is 4.67. The zero-order chi connectivity index (χ0) is 26.6. The number of nitrogens with zero attached hydrogens (tertiary/aromatic N) is 5. The first-order valence-corrected chi connectivity index (χ1v) is 12.3. The fourth-order valence-corrected chi connectivity index (χ4v) is 4.55. The predicted octanol–water partition coefficient (Wildman–Crippen LogP) is 4.95. The topological polar surface area (TPSA) is 93.7 Å². The molecule has 1 amide bonds. The lowest BCUT2D eigenvalue weighted by atomic mass is 10.1. The van der Waals surface area contributed by atoms with Gasteiger partial charge in [-0.25, -0.2) is 9.07 Å². The molecule has 3 aromatic carbocycles. The molecule has 194 valence electrons. The molecule has 0 saturated carbocycles. The van der Waals surface area contributed by atoms with E-state index in [2.05, 4.69) is 10.00 Å². The van der Waals surface area contributed by atoms with E-state index in [4.69, 9.17) is 4.74 Å². The normalized spacial score (nSPS) is 13.4. The summed E-state index contributed by atoms with van der Waals surface area (Å²) in [6, 6.07) is 21.4. The number of ether oxygens (including phenoxy) is 1. The molecule has 0 N–H and O–H groups in total. The van der Waals surface area contributed by atoms with Crippen LogP contribution < -0.4 is 9.64 Å². The first-order valence-electron chi connectivity index (χ1n) is 12.3. The van der Waals surface area contributed by atoms with Gasteiger partial charge in [0.05, 0.1) is 28.6 Å². The molecule has 1 fully saturated rings. The Balaban J connectivity index is 1.44. The fourth-order valence-electron chi connectivity index (χ4n) is 4.55. The Bertz CT molecular complexity index is 1460. The number of hydrogen-bond donors (Lipinski definition) is 0. The number of non-ortho nitro benzene ring substituents is 1. The smallest absolute Gasteiger partial charge is 0.272 e. The Hall–Kier alpha value is -4.73. The van der Waals surface area contributed by atoms with Gasteiger partial charge in [-0.05, 0) is 49.4 Å². The minimum absolute atomic E-state index is 0.0773. The van der Waals surface area contributed by atoms with Gasteiger partial charge in [-0.1, -0.05) is 24.3 Å². The second kappa shape index (κ2) is 10.7. The number of hydrogen-bond acceptors (Lipinski definition) is 6. The number of piperazine rings is 1. The predicted molar refractivity (Wildman–Crippen MR) is 141 cm³/mol. The van der Waals surface area contributed by atoms with E-state index < -0.39 is 10.7 Å². The molecule has 1 aliphatic rings. The Kier molecular flexibility index (Phi) is 7.03. The average molecular weight is 516 g/mol. The van der Waals surface area contributed by atoms with Crippen molar-refractivity contribution in [2.45, 2.75) is 6.92 Å². The molecule has 2 heterocycles. The van der Waals surface area contributed by atoms with E-state index in [1.807, 2.05) is 31.2 Å². The van der Waals surface area contributed by atoms with Crippen LogP contribution >= 0.6 is 0 Å². The van der Waals surface area contributed by atoms with Gasteiger partial charge in [0.1, 0.15) is 17.3 Å². The number of anilines is 1. The van der Waals surface area contributed by atoms with Gasteiger partial charge in [0.25, 0.3) is 11.6 Å². The summed E-state index contributed by atoms with van der Waals surface area (Å²) < 4.78 is 21.8. The molecule has 0 unspecified atom stereocenters. The number of halogens is 1. The number of para-hydroxylation sites is 2. The number of nitro groups is 1. The monoisotopic (exact) mass is 515 g/mol. The van der Waals surface area contributed by atoms with Crippen LogP contribution in [0.25, 0.3) is 16.9 Å². The zero-order valence-corrected chi connectivity index (χ0v) is 20.8. The number of carbonyl (C=O) groups excluding carboxylic acids is 1. The van der Waals surface area contributed by atoms with Crippen molar-refractivity contribution in [3.05, 3.63) is 100 Å². The highest BCUT2D eigenvalue weighted by atomic mass is 19.1. The Morgan fingerprint density at radius 1 is 1.00 bits per heavy atom. The van der Waals surface area contributed by atoms with Crippen LogP contribution in [0.5, 0.6) is 5.75 Å². The molecule has 0 aliphatic carbocycles. The molecule has 0 bridgehead atoms.